The summed E-state index contributed by atoms with van der Waals surface area (Å²) >= 11 is 0. The van der Waals surface area contributed by atoms with E-state index >= 15 is 0 Å². The van der Waals surface area contributed by atoms with Gasteiger partial charge in [-0.1, -0.05) is 0 Å². The molecule has 0 saturated carbocycles. The molecule has 0 aliphatic carbocycles. The Morgan fingerprint density at radius 3 is 2.67 bits per heavy atom. The molecule has 0 bridgehead atoms. The van der Waals surface area contributed by atoms with Gasteiger partial charge in [0.2, 0.25) is 0 Å². The molecule has 0 aromatic heterocycles. The number of anilines is 1. The van der Waals surface area contributed by atoms with Gasteiger partial charge in [0.25, 0.3) is 0 Å². The number of hydrogen-bond acceptors (Lipinski definition) is 2. The van der Waals surface area contributed by atoms with E-state index in [-0.39, 0.29) is 0 Å². The van der Waals surface area contributed by atoms with E-state index < -0.39 is 0 Å². The van der Waals surface area contributed by atoms with Crippen LogP contribution in [0.4, 0.5) is 5.69 Å². The molecule has 0 amide bonds. The molecule has 0 saturated heterocycles. The smallest absolute Gasteiger partial charge is 0.122 e. The Morgan fingerprint density at radius 2 is 2.00 bits per heavy atom. The second kappa shape index (κ2) is 5.31. The summed E-state index contributed by atoms with van der Waals surface area (Å²) in [5.41, 5.74) is 8.73. The maximum Gasteiger partial charge on any atom is 0.122 e. The lowest BCUT2D eigenvalue weighted by Gasteiger charge is -2.10. The molecule has 0 fully saturated rings. The molecule has 0 unspecified atom stereocenters. The first-order valence-electron chi connectivity index (χ1n) is 5.04. The number of nitrogen functional groups attached to an aromatic ring is 1. The highest BCUT2D eigenvalue weighted by atomic mass is 16.5. The predicted octanol–water partition coefficient (Wildman–Crippen LogP) is 2.68. The Morgan fingerprint density at radius 1 is 1.27 bits per heavy atom. The first-order chi connectivity index (χ1) is 7.15. The number of benzene rings is 1. The van der Waals surface area contributed by atoms with Crippen LogP contribution in [0.1, 0.15) is 24.5 Å². The predicted molar refractivity (Wildman–Crippen MR) is 63.9 cm³/mol. The molecule has 2 N–H and O–H groups in total. The average molecular weight is 203 g/mol. The Labute approximate surface area is 91.4 Å². The lowest BCUT2D eigenvalue weighted by molar-refractivity contribution is 0.325. The lowest BCUT2D eigenvalue weighted by Crippen LogP contribution is -1.99. The fourth-order valence-electron chi connectivity index (χ4n) is 1.30. The summed E-state index contributed by atoms with van der Waals surface area (Å²) in [5.74, 6) is 6.71. The number of aryl methyl sites for hydroxylation is 2. The van der Waals surface area contributed by atoms with Crippen LogP contribution in [0, 0.1) is 25.7 Å². The average Bonchev–Trinajstić information content (AvgIpc) is 2.20. The molecule has 0 aliphatic rings. The van der Waals surface area contributed by atoms with Crippen molar-refractivity contribution in [2.75, 3.05) is 12.3 Å². The zero-order chi connectivity index (χ0) is 11.3. The van der Waals surface area contributed by atoms with E-state index in [1.807, 2.05) is 32.9 Å². The molecule has 2 nitrogen and oxygen atoms in total. The largest absolute Gasteiger partial charge is 0.492 e. The molecule has 2 heteroatoms. The van der Waals surface area contributed by atoms with Crippen LogP contribution in [-0.2, 0) is 0 Å². The van der Waals surface area contributed by atoms with Gasteiger partial charge >= 0.3 is 0 Å². The summed E-state index contributed by atoms with van der Waals surface area (Å²) < 4.78 is 5.62. The summed E-state index contributed by atoms with van der Waals surface area (Å²) in [5, 5.41) is 0. The van der Waals surface area contributed by atoms with Crippen LogP contribution >= 0.6 is 0 Å². The number of ether oxygens (including phenoxy) is 1. The highest BCUT2D eigenvalue weighted by Gasteiger charge is 2.02. The molecule has 15 heavy (non-hydrogen) atoms. The molecule has 0 aliphatic heterocycles. The fraction of sp³-hybridized carbons (Fsp3) is 0.385. The minimum absolute atomic E-state index is 0.630. The first-order valence-corrected chi connectivity index (χ1v) is 5.04. The summed E-state index contributed by atoms with van der Waals surface area (Å²) in [6.07, 6.45) is 0.763. The van der Waals surface area contributed by atoms with E-state index in [1.54, 1.807) is 0 Å². The van der Waals surface area contributed by atoms with E-state index in [0.29, 0.717) is 6.61 Å². The first kappa shape index (κ1) is 11.5. The Balaban J connectivity index is 2.67. The maximum atomic E-state index is 5.79. The Hall–Kier alpha value is -1.62. The van der Waals surface area contributed by atoms with E-state index in [9.17, 15) is 0 Å². The molecule has 1 aromatic carbocycles. The third-order valence-electron chi connectivity index (χ3n) is 2.23. The van der Waals surface area contributed by atoms with Crippen LogP contribution in [0.15, 0.2) is 12.1 Å². The molecule has 0 heterocycles. The zero-order valence-corrected chi connectivity index (χ0v) is 9.55. The summed E-state index contributed by atoms with van der Waals surface area (Å²) in [4.78, 5) is 0. The summed E-state index contributed by atoms with van der Waals surface area (Å²) in [6.45, 7) is 6.44. The Bertz CT molecular complexity index is 399. The van der Waals surface area contributed by atoms with Crippen LogP contribution in [0.25, 0.3) is 0 Å². The SMILES string of the molecule is CC#CCCOc1cc(C)c(N)cc1C. The minimum atomic E-state index is 0.630. The van der Waals surface area contributed by atoms with Crippen molar-refractivity contribution in [2.45, 2.75) is 27.2 Å². The van der Waals surface area contributed by atoms with Gasteiger partial charge in [-0.3, -0.25) is 0 Å². The van der Waals surface area contributed by atoms with Gasteiger partial charge in [0.1, 0.15) is 5.75 Å². The van der Waals surface area contributed by atoms with Crippen LogP contribution in [0.5, 0.6) is 5.75 Å². The maximum absolute atomic E-state index is 5.79. The third-order valence-corrected chi connectivity index (χ3v) is 2.23. The van der Waals surface area contributed by atoms with Crippen LogP contribution in [-0.4, -0.2) is 6.61 Å². The van der Waals surface area contributed by atoms with Crippen molar-refractivity contribution in [3.63, 3.8) is 0 Å². The van der Waals surface area contributed by atoms with Gasteiger partial charge in [-0.15, -0.1) is 11.8 Å². The molecule has 0 atom stereocenters. The van der Waals surface area contributed by atoms with Crippen molar-refractivity contribution in [1.82, 2.24) is 0 Å². The van der Waals surface area contributed by atoms with Gasteiger partial charge in [0.15, 0.2) is 0 Å². The van der Waals surface area contributed by atoms with Crippen LogP contribution in [0.3, 0.4) is 0 Å². The second-order valence-corrected chi connectivity index (χ2v) is 3.50. The second-order valence-electron chi connectivity index (χ2n) is 3.50. The highest BCUT2D eigenvalue weighted by molar-refractivity contribution is 5.53. The topological polar surface area (TPSA) is 35.2 Å². The van der Waals surface area contributed by atoms with E-state index in [1.165, 1.54) is 0 Å². The Kier molecular flexibility index (Phi) is 4.05. The monoisotopic (exact) mass is 203 g/mol. The van der Waals surface area contributed by atoms with Crippen molar-refractivity contribution in [2.24, 2.45) is 0 Å². The van der Waals surface area contributed by atoms with Gasteiger partial charge in [-0.2, -0.15) is 0 Å². The quantitative estimate of drug-likeness (QED) is 0.465. The molecule has 0 radical (unpaired) electrons. The van der Waals surface area contributed by atoms with Crippen molar-refractivity contribution in [3.05, 3.63) is 23.3 Å². The van der Waals surface area contributed by atoms with Gasteiger partial charge in [-0.25, -0.2) is 0 Å². The lowest BCUT2D eigenvalue weighted by atomic mass is 10.1. The third kappa shape index (κ3) is 3.21. The normalized spacial score (nSPS) is 9.27. The fourth-order valence-corrected chi connectivity index (χ4v) is 1.30. The van der Waals surface area contributed by atoms with E-state index in [4.69, 9.17) is 10.5 Å². The van der Waals surface area contributed by atoms with E-state index in [0.717, 1.165) is 29.0 Å². The van der Waals surface area contributed by atoms with Gasteiger partial charge in [0, 0.05) is 12.1 Å². The van der Waals surface area contributed by atoms with Crippen LogP contribution in [0.2, 0.25) is 0 Å². The van der Waals surface area contributed by atoms with Crippen molar-refractivity contribution in [1.29, 1.82) is 0 Å². The summed E-state index contributed by atoms with van der Waals surface area (Å²) in [7, 11) is 0. The van der Waals surface area contributed by atoms with Crippen molar-refractivity contribution >= 4 is 5.69 Å². The van der Waals surface area contributed by atoms with Crippen LogP contribution < -0.4 is 10.5 Å². The van der Waals surface area contributed by atoms with Gasteiger partial charge in [0.05, 0.1) is 6.61 Å². The molecular formula is C13H17NO. The zero-order valence-electron chi connectivity index (χ0n) is 9.55. The van der Waals surface area contributed by atoms with Gasteiger partial charge < -0.3 is 10.5 Å². The standard InChI is InChI=1S/C13H17NO/c1-4-5-6-7-15-13-9-10(2)12(14)8-11(13)3/h8-9H,6-7,14H2,1-3H3. The molecule has 80 valence electrons. The summed E-state index contributed by atoms with van der Waals surface area (Å²) in [6, 6.07) is 3.92. The minimum Gasteiger partial charge on any atom is -0.492 e. The van der Waals surface area contributed by atoms with Crippen molar-refractivity contribution < 1.29 is 4.74 Å². The number of rotatable bonds is 3. The number of nitrogens with two attached hydrogens (primary N) is 1. The molecule has 0 spiro atoms. The van der Waals surface area contributed by atoms with Gasteiger partial charge in [-0.05, 0) is 44.0 Å². The molecule has 1 rings (SSSR count). The highest BCUT2D eigenvalue weighted by Crippen LogP contribution is 2.24. The van der Waals surface area contributed by atoms with Crippen molar-refractivity contribution in [3.8, 4) is 17.6 Å². The molecule has 1 aromatic rings. The molecular weight excluding hydrogens is 186 g/mol. The number of hydrogen-bond donors (Lipinski definition) is 1. The van der Waals surface area contributed by atoms with E-state index in [2.05, 4.69) is 11.8 Å².